The van der Waals surface area contributed by atoms with E-state index in [-0.39, 0.29) is 11.7 Å². The van der Waals surface area contributed by atoms with Crippen molar-refractivity contribution < 1.29 is 9.84 Å². The van der Waals surface area contributed by atoms with Crippen LogP contribution >= 0.6 is 0 Å². The van der Waals surface area contributed by atoms with Gasteiger partial charge >= 0.3 is 0 Å². The third-order valence-electron chi connectivity index (χ3n) is 7.10. The van der Waals surface area contributed by atoms with Crippen LogP contribution in [0.25, 0.3) is 5.57 Å². The molecule has 0 aromatic carbocycles. The molecular formula is C26H24N6O2. The fourth-order valence-corrected chi connectivity index (χ4v) is 5.39. The van der Waals surface area contributed by atoms with Gasteiger partial charge in [-0.1, -0.05) is 12.1 Å². The summed E-state index contributed by atoms with van der Waals surface area (Å²) < 4.78 is 5.15. The number of ether oxygens (including phenoxy) is 1. The molecule has 3 atom stereocenters. The second-order valence-corrected chi connectivity index (χ2v) is 9.06. The molecule has 5 aliphatic rings. The normalized spacial score (nSPS) is 25.3. The molecule has 8 nitrogen and oxygen atoms in total. The number of methoxy groups -OCH3 is 1. The van der Waals surface area contributed by atoms with E-state index in [4.69, 9.17) is 9.72 Å². The van der Waals surface area contributed by atoms with E-state index in [1.165, 1.54) is 12.0 Å². The van der Waals surface area contributed by atoms with E-state index in [0.29, 0.717) is 29.2 Å². The van der Waals surface area contributed by atoms with Crippen LogP contribution < -0.4 is 9.64 Å². The Morgan fingerprint density at radius 2 is 2.00 bits per heavy atom. The van der Waals surface area contributed by atoms with Gasteiger partial charge in [0.1, 0.15) is 11.6 Å². The van der Waals surface area contributed by atoms with E-state index >= 15 is 0 Å². The van der Waals surface area contributed by atoms with Gasteiger partial charge in [-0.2, -0.15) is 5.26 Å². The Hall–Kier alpha value is -3.96. The molecule has 2 aromatic heterocycles. The number of allylic oxidation sites excluding steroid dienone is 7. The number of hydrogen-bond acceptors (Lipinski definition) is 8. The number of aromatic nitrogens is 3. The van der Waals surface area contributed by atoms with E-state index in [1.807, 2.05) is 18.3 Å². The zero-order chi connectivity index (χ0) is 23.2. The largest absolute Gasteiger partial charge is 0.508 e. The van der Waals surface area contributed by atoms with Crippen LogP contribution in [0.1, 0.15) is 17.7 Å². The van der Waals surface area contributed by atoms with E-state index in [9.17, 15) is 10.4 Å². The predicted molar refractivity (Wildman–Crippen MR) is 127 cm³/mol. The van der Waals surface area contributed by atoms with E-state index < -0.39 is 0 Å². The number of piperidine rings is 1. The smallest absolute Gasteiger partial charge is 0.212 e. The molecule has 1 N–H and O–H groups in total. The molecule has 0 spiro atoms. The highest BCUT2D eigenvalue weighted by molar-refractivity contribution is 5.85. The van der Waals surface area contributed by atoms with E-state index in [2.05, 4.69) is 31.9 Å². The second-order valence-electron chi connectivity index (χ2n) is 9.06. The predicted octanol–water partition coefficient (Wildman–Crippen LogP) is 3.19. The van der Waals surface area contributed by atoms with Crippen LogP contribution in [0.15, 0.2) is 71.9 Å². The second kappa shape index (κ2) is 8.12. The van der Waals surface area contributed by atoms with Gasteiger partial charge < -0.3 is 14.7 Å². The average Bonchev–Trinajstić information content (AvgIpc) is 3.30. The average molecular weight is 453 g/mol. The quantitative estimate of drug-likeness (QED) is 0.739. The Labute approximate surface area is 197 Å². The van der Waals surface area contributed by atoms with Crippen molar-refractivity contribution in [2.45, 2.75) is 25.0 Å². The minimum absolute atomic E-state index is 0.0998. The van der Waals surface area contributed by atoms with Crippen LogP contribution in [0.2, 0.25) is 0 Å². The topological polar surface area (TPSA) is 98.4 Å². The summed E-state index contributed by atoms with van der Waals surface area (Å²) in [5.41, 5.74) is 4.10. The number of nitriles is 1. The van der Waals surface area contributed by atoms with Crippen LogP contribution in [-0.2, 0) is 6.54 Å². The first-order chi connectivity index (χ1) is 16.6. The summed E-state index contributed by atoms with van der Waals surface area (Å²) in [6.45, 7) is 2.72. The maximum Gasteiger partial charge on any atom is 0.212 e. The monoisotopic (exact) mass is 452 g/mol. The summed E-state index contributed by atoms with van der Waals surface area (Å²) >= 11 is 0. The van der Waals surface area contributed by atoms with Crippen LogP contribution in [0.3, 0.4) is 0 Å². The molecule has 2 aromatic rings. The van der Waals surface area contributed by atoms with Crippen molar-refractivity contribution in [3.63, 3.8) is 0 Å². The highest BCUT2D eigenvalue weighted by atomic mass is 16.5. The number of piperazine rings is 1. The molecule has 8 heteroatoms. The number of nitrogens with zero attached hydrogens (tertiary/aromatic N) is 6. The molecule has 3 aliphatic heterocycles. The SMILES string of the molecule is COc1ccc(CN2C3CC2CN(c2cnc(C4=CC(O)=CC5C=CC(C#N)=C45)cn2)C3)cn1. The van der Waals surface area contributed by atoms with Gasteiger partial charge in [0, 0.05) is 55.5 Å². The Kier molecular flexibility index (Phi) is 4.93. The van der Waals surface area contributed by atoms with E-state index in [1.54, 1.807) is 37.7 Å². The molecule has 2 bridgehead atoms. The molecule has 2 aliphatic carbocycles. The fraction of sp³-hybridized carbons (Fsp3) is 0.308. The summed E-state index contributed by atoms with van der Waals surface area (Å²) in [5, 5.41) is 19.7. The number of anilines is 1. The van der Waals surface area contributed by atoms with Crippen molar-refractivity contribution in [3.05, 3.63) is 83.2 Å². The molecule has 34 heavy (non-hydrogen) atoms. The van der Waals surface area contributed by atoms with Crippen LogP contribution in [0.4, 0.5) is 5.82 Å². The standard InChI is InChI=1S/C26H24N6O2/c1-34-25-5-2-16(10-30-25)13-32-19-7-20(32)15-31(14-19)24-12-28-23(11-29-24)22-8-21(33)6-17-3-4-18(9-27)26(17)22/h2-6,8,10-12,17,19-20,33H,7,13-15H2,1H3. The zero-order valence-electron chi connectivity index (χ0n) is 18.8. The summed E-state index contributed by atoms with van der Waals surface area (Å²) in [7, 11) is 1.63. The Bertz CT molecular complexity index is 1270. The maximum atomic E-state index is 10.2. The first kappa shape index (κ1) is 20.6. The van der Waals surface area contributed by atoms with Gasteiger partial charge in [0.05, 0.1) is 36.8 Å². The molecule has 7 rings (SSSR count). The van der Waals surface area contributed by atoms with Crippen molar-refractivity contribution in [1.29, 1.82) is 5.26 Å². The van der Waals surface area contributed by atoms with E-state index in [0.717, 1.165) is 36.6 Å². The summed E-state index contributed by atoms with van der Waals surface area (Å²) in [5.74, 6) is 1.57. The summed E-state index contributed by atoms with van der Waals surface area (Å²) in [6, 6.07) is 7.20. The number of fused-ring (bicyclic) bond motifs is 3. The highest BCUT2D eigenvalue weighted by Crippen LogP contribution is 2.41. The first-order valence-electron chi connectivity index (χ1n) is 11.4. The van der Waals surface area contributed by atoms with Crippen molar-refractivity contribution in [2.24, 2.45) is 5.92 Å². The van der Waals surface area contributed by atoms with Gasteiger partial charge in [-0.25, -0.2) is 9.97 Å². The zero-order valence-corrected chi connectivity index (χ0v) is 18.8. The first-order valence-corrected chi connectivity index (χ1v) is 11.4. The summed E-state index contributed by atoms with van der Waals surface area (Å²) in [4.78, 5) is 18.5. The number of aliphatic hydroxyl groups is 1. The lowest BCUT2D eigenvalue weighted by Gasteiger charge is -2.56. The third-order valence-corrected chi connectivity index (χ3v) is 7.10. The molecule has 170 valence electrons. The van der Waals surface area contributed by atoms with Gasteiger partial charge in [0.15, 0.2) is 0 Å². The highest BCUT2D eigenvalue weighted by Gasteiger charge is 2.44. The Morgan fingerprint density at radius 3 is 2.68 bits per heavy atom. The molecule has 3 saturated heterocycles. The minimum Gasteiger partial charge on any atom is -0.508 e. The Morgan fingerprint density at radius 1 is 1.15 bits per heavy atom. The van der Waals surface area contributed by atoms with Crippen molar-refractivity contribution in [3.8, 4) is 11.9 Å². The van der Waals surface area contributed by atoms with Crippen LogP contribution in [0, 0.1) is 17.2 Å². The Balaban J connectivity index is 1.15. The third kappa shape index (κ3) is 3.45. The van der Waals surface area contributed by atoms with Gasteiger partial charge in [-0.3, -0.25) is 9.88 Å². The number of aliphatic hydroxyl groups excluding tert-OH is 1. The lowest BCUT2D eigenvalue weighted by atomic mass is 9.86. The number of rotatable bonds is 5. The molecule has 0 radical (unpaired) electrons. The molecule has 0 amide bonds. The molecular weight excluding hydrogens is 428 g/mol. The number of hydrogen-bond donors (Lipinski definition) is 1. The van der Waals surface area contributed by atoms with Gasteiger partial charge in [-0.05, 0) is 35.8 Å². The van der Waals surface area contributed by atoms with Gasteiger partial charge in [0.2, 0.25) is 5.88 Å². The van der Waals surface area contributed by atoms with Gasteiger partial charge in [-0.15, -0.1) is 0 Å². The summed E-state index contributed by atoms with van der Waals surface area (Å²) in [6.07, 6.45) is 13.8. The minimum atomic E-state index is -0.0998. The van der Waals surface area contributed by atoms with Gasteiger partial charge in [0.25, 0.3) is 0 Å². The molecule has 5 heterocycles. The van der Waals surface area contributed by atoms with Crippen molar-refractivity contribution in [2.75, 3.05) is 25.1 Å². The lowest BCUT2D eigenvalue weighted by molar-refractivity contribution is -0.00879. The number of pyridine rings is 1. The molecule has 3 fully saturated rings. The molecule has 3 unspecified atom stereocenters. The molecule has 0 saturated carbocycles. The van der Waals surface area contributed by atoms with Crippen LogP contribution in [-0.4, -0.2) is 57.2 Å². The van der Waals surface area contributed by atoms with Crippen LogP contribution in [0.5, 0.6) is 5.88 Å². The van der Waals surface area contributed by atoms with Crippen molar-refractivity contribution >= 4 is 11.4 Å². The maximum absolute atomic E-state index is 10.2. The fourth-order valence-electron chi connectivity index (χ4n) is 5.39. The lowest BCUT2D eigenvalue weighted by Crippen LogP contribution is -2.68. The van der Waals surface area contributed by atoms with Crippen molar-refractivity contribution in [1.82, 2.24) is 19.9 Å².